The second-order valence-electron chi connectivity index (χ2n) is 3.68. The summed E-state index contributed by atoms with van der Waals surface area (Å²) in [6, 6.07) is 0. The fraction of sp³-hybridized carbons (Fsp3) is 0.636. The van der Waals surface area contributed by atoms with Gasteiger partial charge >= 0.3 is 0 Å². The molecule has 0 saturated heterocycles. The quantitative estimate of drug-likeness (QED) is 0.440. The van der Waals surface area contributed by atoms with Crippen LogP contribution in [0.25, 0.3) is 0 Å². The standard InChI is InChI=1S/C11H19B/c1-6-10(8(2)3)7-11(12)9(4)5/h7-8H,6H2,1-5H3/b10-7+. The molecule has 0 bridgehead atoms. The summed E-state index contributed by atoms with van der Waals surface area (Å²) in [4.78, 5) is 0. The maximum absolute atomic E-state index is 5.83. The molecule has 0 N–H and O–H groups in total. The van der Waals surface area contributed by atoms with Crippen LogP contribution in [-0.4, -0.2) is 7.85 Å². The fourth-order valence-electron chi connectivity index (χ4n) is 1.02. The first-order chi connectivity index (χ1) is 5.49. The van der Waals surface area contributed by atoms with Gasteiger partial charge in [0.25, 0.3) is 0 Å². The minimum absolute atomic E-state index is 0.605. The van der Waals surface area contributed by atoms with E-state index in [0.29, 0.717) is 5.92 Å². The van der Waals surface area contributed by atoms with Gasteiger partial charge in [-0.1, -0.05) is 43.5 Å². The molecule has 12 heavy (non-hydrogen) atoms. The van der Waals surface area contributed by atoms with Crippen molar-refractivity contribution in [2.45, 2.75) is 41.0 Å². The lowest BCUT2D eigenvalue weighted by Gasteiger charge is -2.09. The van der Waals surface area contributed by atoms with Gasteiger partial charge in [0.2, 0.25) is 0 Å². The summed E-state index contributed by atoms with van der Waals surface area (Å²) >= 11 is 0. The minimum Gasteiger partial charge on any atom is -0.0980 e. The normalized spacial score (nSPS) is 12.0. The van der Waals surface area contributed by atoms with Crippen LogP contribution in [0.4, 0.5) is 0 Å². The van der Waals surface area contributed by atoms with Crippen molar-refractivity contribution in [3.8, 4) is 0 Å². The predicted molar refractivity (Wildman–Crippen MR) is 57.3 cm³/mol. The largest absolute Gasteiger partial charge is 0.113 e. The molecular formula is C11H19B. The van der Waals surface area contributed by atoms with E-state index in [0.717, 1.165) is 11.9 Å². The van der Waals surface area contributed by atoms with Crippen LogP contribution in [0, 0.1) is 5.92 Å². The first-order valence-corrected chi connectivity index (χ1v) is 4.62. The molecular weight excluding hydrogens is 143 g/mol. The van der Waals surface area contributed by atoms with Gasteiger partial charge in [-0.3, -0.25) is 0 Å². The van der Waals surface area contributed by atoms with E-state index in [1.807, 2.05) is 13.8 Å². The second-order valence-corrected chi connectivity index (χ2v) is 3.68. The highest BCUT2D eigenvalue weighted by Gasteiger charge is 1.99. The highest BCUT2D eigenvalue weighted by atomic mass is 14.0. The van der Waals surface area contributed by atoms with E-state index in [9.17, 15) is 0 Å². The molecule has 0 rings (SSSR count). The van der Waals surface area contributed by atoms with Crippen LogP contribution in [0.2, 0.25) is 0 Å². The SMILES string of the molecule is [B]C(/C=C(\CC)C(C)C)=C(C)C. The summed E-state index contributed by atoms with van der Waals surface area (Å²) in [5.74, 6) is 0.605. The lowest BCUT2D eigenvalue weighted by molar-refractivity contribution is 0.731. The molecule has 0 heterocycles. The molecule has 0 fully saturated rings. The van der Waals surface area contributed by atoms with Gasteiger partial charge in [0, 0.05) is 0 Å². The van der Waals surface area contributed by atoms with Gasteiger partial charge in [0.15, 0.2) is 0 Å². The first kappa shape index (κ1) is 11.5. The van der Waals surface area contributed by atoms with Crippen LogP contribution in [0.1, 0.15) is 41.0 Å². The number of rotatable bonds is 3. The van der Waals surface area contributed by atoms with Gasteiger partial charge in [-0.2, -0.15) is 0 Å². The van der Waals surface area contributed by atoms with E-state index < -0.39 is 0 Å². The van der Waals surface area contributed by atoms with Crippen molar-refractivity contribution in [2.75, 3.05) is 0 Å². The van der Waals surface area contributed by atoms with Gasteiger partial charge < -0.3 is 0 Å². The Morgan fingerprint density at radius 3 is 2.08 bits per heavy atom. The summed E-state index contributed by atoms with van der Waals surface area (Å²) in [5, 5.41) is 0. The smallest absolute Gasteiger partial charge is 0.0980 e. The molecule has 0 atom stereocenters. The van der Waals surface area contributed by atoms with Crippen LogP contribution >= 0.6 is 0 Å². The van der Waals surface area contributed by atoms with Crippen molar-refractivity contribution < 1.29 is 0 Å². The molecule has 0 aromatic heterocycles. The zero-order valence-corrected chi connectivity index (χ0v) is 8.94. The van der Waals surface area contributed by atoms with Gasteiger partial charge in [0.1, 0.15) is 7.85 Å². The zero-order chi connectivity index (χ0) is 9.72. The third-order valence-electron chi connectivity index (χ3n) is 2.07. The summed E-state index contributed by atoms with van der Waals surface area (Å²) in [6.07, 6.45) is 3.20. The second kappa shape index (κ2) is 5.24. The van der Waals surface area contributed by atoms with E-state index in [-0.39, 0.29) is 0 Å². The van der Waals surface area contributed by atoms with E-state index in [1.54, 1.807) is 0 Å². The molecule has 0 nitrogen and oxygen atoms in total. The highest BCUT2D eigenvalue weighted by Crippen LogP contribution is 2.16. The fourth-order valence-corrected chi connectivity index (χ4v) is 1.02. The topological polar surface area (TPSA) is 0 Å². The van der Waals surface area contributed by atoms with Gasteiger partial charge in [-0.15, -0.1) is 0 Å². The van der Waals surface area contributed by atoms with Crippen molar-refractivity contribution >= 4 is 7.85 Å². The maximum atomic E-state index is 5.83. The maximum Gasteiger partial charge on any atom is 0.113 e. The Labute approximate surface area is 78.2 Å². The summed E-state index contributed by atoms with van der Waals surface area (Å²) in [6.45, 7) is 10.7. The molecule has 0 aliphatic carbocycles. The minimum atomic E-state index is 0.605. The van der Waals surface area contributed by atoms with E-state index >= 15 is 0 Å². The molecule has 0 saturated carbocycles. The molecule has 0 aliphatic heterocycles. The highest BCUT2D eigenvalue weighted by molar-refractivity contribution is 6.23. The van der Waals surface area contributed by atoms with Crippen LogP contribution in [0.3, 0.4) is 0 Å². The summed E-state index contributed by atoms with van der Waals surface area (Å²) in [5.41, 5.74) is 3.54. The van der Waals surface area contributed by atoms with Crippen molar-refractivity contribution in [2.24, 2.45) is 5.92 Å². The molecule has 66 valence electrons. The Kier molecular flexibility index (Phi) is 5.04. The Balaban J connectivity index is 4.61. The average Bonchev–Trinajstić information content (AvgIpc) is 1.98. The van der Waals surface area contributed by atoms with Gasteiger partial charge in [-0.05, 0) is 26.2 Å². The van der Waals surface area contributed by atoms with Crippen LogP contribution in [0.5, 0.6) is 0 Å². The number of hydrogen-bond acceptors (Lipinski definition) is 0. The summed E-state index contributed by atoms with van der Waals surface area (Å²) in [7, 11) is 5.83. The van der Waals surface area contributed by atoms with Gasteiger partial charge in [-0.25, -0.2) is 0 Å². The lowest BCUT2D eigenvalue weighted by atomic mass is 9.86. The Morgan fingerprint density at radius 2 is 1.83 bits per heavy atom. The van der Waals surface area contributed by atoms with Crippen LogP contribution in [0.15, 0.2) is 22.7 Å². The number of allylic oxidation sites excluding steroid dienone is 4. The van der Waals surface area contributed by atoms with Crippen molar-refractivity contribution in [3.63, 3.8) is 0 Å². The van der Waals surface area contributed by atoms with E-state index in [2.05, 4.69) is 26.8 Å². The van der Waals surface area contributed by atoms with Crippen LogP contribution < -0.4 is 0 Å². The van der Waals surface area contributed by atoms with Crippen molar-refractivity contribution in [1.29, 1.82) is 0 Å². The Bertz CT molecular complexity index is 193. The van der Waals surface area contributed by atoms with Crippen molar-refractivity contribution in [1.82, 2.24) is 0 Å². The monoisotopic (exact) mass is 162 g/mol. The summed E-state index contributed by atoms with van der Waals surface area (Å²) < 4.78 is 0. The Morgan fingerprint density at radius 1 is 1.33 bits per heavy atom. The first-order valence-electron chi connectivity index (χ1n) is 4.62. The van der Waals surface area contributed by atoms with Crippen LogP contribution in [-0.2, 0) is 0 Å². The third-order valence-corrected chi connectivity index (χ3v) is 2.07. The molecule has 0 spiro atoms. The number of hydrogen-bond donors (Lipinski definition) is 0. The molecule has 0 aromatic rings. The molecule has 0 unspecified atom stereocenters. The zero-order valence-electron chi connectivity index (χ0n) is 8.94. The Hall–Kier alpha value is -0.455. The van der Waals surface area contributed by atoms with E-state index in [1.165, 1.54) is 11.1 Å². The predicted octanol–water partition coefficient (Wildman–Crippen LogP) is 3.44. The molecule has 2 radical (unpaired) electrons. The molecule has 1 heteroatoms. The average molecular weight is 162 g/mol. The molecule has 0 aliphatic rings. The van der Waals surface area contributed by atoms with Gasteiger partial charge in [0.05, 0.1) is 0 Å². The lowest BCUT2D eigenvalue weighted by Crippen LogP contribution is -1.94. The van der Waals surface area contributed by atoms with E-state index in [4.69, 9.17) is 7.85 Å². The molecule has 0 aromatic carbocycles. The van der Waals surface area contributed by atoms with Crippen molar-refractivity contribution in [3.05, 3.63) is 22.7 Å². The molecule has 0 amide bonds. The third kappa shape index (κ3) is 3.80.